The van der Waals surface area contributed by atoms with E-state index in [1.807, 2.05) is 0 Å². The maximum absolute atomic E-state index is 14.0. The summed E-state index contributed by atoms with van der Waals surface area (Å²) in [6, 6.07) is 4.61. The third-order valence-corrected chi connectivity index (χ3v) is 3.62. The fourth-order valence-corrected chi connectivity index (χ4v) is 2.83. The first-order chi connectivity index (χ1) is 8.23. The highest BCUT2D eigenvalue weighted by atomic mass is 19.1. The van der Waals surface area contributed by atoms with E-state index in [0.29, 0.717) is 24.0 Å². The van der Waals surface area contributed by atoms with Gasteiger partial charge in [-0.1, -0.05) is 6.07 Å². The van der Waals surface area contributed by atoms with Crippen molar-refractivity contribution in [3.05, 3.63) is 35.1 Å². The van der Waals surface area contributed by atoms with Crippen molar-refractivity contribution in [1.82, 2.24) is 5.32 Å². The molecule has 1 spiro atoms. The lowest BCUT2D eigenvalue weighted by Gasteiger charge is -2.27. The fourth-order valence-electron chi connectivity index (χ4n) is 2.83. The molecule has 0 saturated carbocycles. The normalized spacial score (nSPS) is 27.7. The molecule has 1 aromatic rings. The summed E-state index contributed by atoms with van der Waals surface area (Å²) in [5, 5.41) is 3.25. The number of benzene rings is 1. The maximum atomic E-state index is 14.0. The van der Waals surface area contributed by atoms with E-state index in [4.69, 9.17) is 4.74 Å². The molecule has 0 aliphatic carbocycles. The van der Waals surface area contributed by atoms with Gasteiger partial charge in [0.2, 0.25) is 0 Å². The molecule has 90 valence electrons. The molecular formula is C13H14FNO2. The second-order valence-corrected chi connectivity index (χ2v) is 4.65. The molecule has 1 N–H and O–H groups in total. The van der Waals surface area contributed by atoms with Gasteiger partial charge in [0, 0.05) is 12.0 Å². The number of carbonyl (C=O) groups is 1. The van der Waals surface area contributed by atoms with Gasteiger partial charge in [-0.25, -0.2) is 9.18 Å². The number of carbonyl (C=O) groups excluding carboxylic acids is 1. The van der Waals surface area contributed by atoms with Crippen molar-refractivity contribution < 1.29 is 13.9 Å². The second kappa shape index (κ2) is 3.81. The van der Waals surface area contributed by atoms with Crippen molar-refractivity contribution >= 4 is 5.97 Å². The summed E-state index contributed by atoms with van der Waals surface area (Å²) in [6.45, 7) is 1.64. The van der Waals surface area contributed by atoms with Crippen LogP contribution in [-0.4, -0.2) is 19.1 Å². The van der Waals surface area contributed by atoms with Crippen LogP contribution in [0.4, 0.5) is 4.39 Å². The van der Waals surface area contributed by atoms with Gasteiger partial charge in [-0.2, -0.15) is 0 Å². The van der Waals surface area contributed by atoms with Crippen molar-refractivity contribution in [3.63, 3.8) is 0 Å². The highest BCUT2D eigenvalue weighted by Gasteiger charge is 2.47. The molecule has 0 amide bonds. The first-order valence-corrected chi connectivity index (χ1v) is 5.96. The van der Waals surface area contributed by atoms with E-state index in [0.717, 1.165) is 19.5 Å². The van der Waals surface area contributed by atoms with Crippen LogP contribution in [0.15, 0.2) is 18.2 Å². The summed E-state index contributed by atoms with van der Waals surface area (Å²) < 4.78 is 19.5. The van der Waals surface area contributed by atoms with Gasteiger partial charge >= 0.3 is 5.97 Å². The number of hydrogen-bond acceptors (Lipinski definition) is 3. The van der Waals surface area contributed by atoms with Crippen molar-refractivity contribution in [2.45, 2.75) is 24.9 Å². The molecule has 1 atom stereocenters. The molecule has 1 aromatic carbocycles. The van der Waals surface area contributed by atoms with E-state index in [1.165, 1.54) is 6.07 Å². The number of rotatable bonds is 0. The molecule has 2 aliphatic rings. The van der Waals surface area contributed by atoms with E-state index in [1.54, 1.807) is 12.1 Å². The van der Waals surface area contributed by atoms with E-state index in [-0.39, 0.29) is 11.8 Å². The molecule has 1 unspecified atom stereocenters. The molecule has 3 rings (SSSR count). The van der Waals surface area contributed by atoms with Crippen LogP contribution in [0.2, 0.25) is 0 Å². The fraction of sp³-hybridized carbons (Fsp3) is 0.462. The van der Waals surface area contributed by atoms with Gasteiger partial charge in [0.1, 0.15) is 11.4 Å². The van der Waals surface area contributed by atoms with Crippen LogP contribution in [0.1, 0.15) is 35.2 Å². The lowest BCUT2D eigenvalue weighted by molar-refractivity contribution is -0.0160. The third-order valence-electron chi connectivity index (χ3n) is 3.62. The first kappa shape index (κ1) is 10.7. The Morgan fingerprint density at radius 3 is 3.06 bits per heavy atom. The van der Waals surface area contributed by atoms with Crippen molar-refractivity contribution in [3.8, 4) is 0 Å². The highest BCUT2D eigenvalue weighted by Crippen LogP contribution is 2.44. The summed E-state index contributed by atoms with van der Waals surface area (Å²) >= 11 is 0. The Labute approximate surface area is 99.0 Å². The summed E-state index contributed by atoms with van der Waals surface area (Å²) in [5.41, 5.74) is 0.127. The molecule has 0 aromatic heterocycles. The van der Waals surface area contributed by atoms with Gasteiger partial charge in [-0.05, 0) is 38.1 Å². The summed E-state index contributed by atoms with van der Waals surface area (Å²) in [4.78, 5) is 11.8. The Hall–Kier alpha value is -1.42. The average molecular weight is 235 g/mol. The molecule has 1 fully saturated rings. The van der Waals surface area contributed by atoms with Gasteiger partial charge < -0.3 is 10.1 Å². The quantitative estimate of drug-likeness (QED) is 0.699. The smallest absolute Gasteiger partial charge is 0.339 e. The predicted molar refractivity (Wildman–Crippen MR) is 60.2 cm³/mol. The predicted octanol–water partition coefficient (Wildman–Crippen LogP) is 1.96. The molecule has 2 aliphatic heterocycles. The van der Waals surface area contributed by atoms with Crippen LogP contribution in [0, 0.1) is 5.82 Å². The summed E-state index contributed by atoms with van der Waals surface area (Å²) in [5.74, 6) is -0.711. The minimum atomic E-state index is -0.735. The zero-order valence-electron chi connectivity index (χ0n) is 9.46. The number of fused-ring (bicyclic) bond motifs is 2. The van der Waals surface area contributed by atoms with Gasteiger partial charge in [0.05, 0.1) is 5.56 Å². The van der Waals surface area contributed by atoms with Gasteiger partial charge in [0.15, 0.2) is 0 Å². The van der Waals surface area contributed by atoms with Crippen LogP contribution in [0.25, 0.3) is 0 Å². The molecule has 2 heterocycles. The van der Waals surface area contributed by atoms with Gasteiger partial charge in [-0.15, -0.1) is 0 Å². The zero-order chi connectivity index (χ0) is 11.9. The molecule has 0 radical (unpaired) electrons. The third kappa shape index (κ3) is 1.55. The number of ether oxygens (including phenoxy) is 1. The summed E-state index contributed by atoms with van der Waals surface area (Å²) in [6.07, 6.45) is 2.23. The van der Waals surface area contributed by atoms with Crippen LogP contribution in [-0.2, 0) is 10.3 Å². The zero-order valence-corrected chi connectivity index (χ0v) is 9.46. The minimum absolute atomic E-state index is 0.324. The number of nitrogens with one attached hydrogen (secondary N) is 1. The number of halogens is 1. The van der Waals surface area contributed by atoms with Crippen LogP contribution >= 0.6 is 0 Å². The summed E-state index contributed by atoms with van der Waals surface area (Å²) in [7, 11) is 0. The van der Waals surface area contributed by atoms with E-state index in [2.05, 4.69) is 5.32 Å². The lowest BCUT2D eigenvalue weighted by atomic mass is 9.85. The van der Waals surface area contributed by atoms with E-state index >= 15 is 0 Å². The molecule has 0 bridgehead atoms. The standard InChI is InChI=1S/C13H14FNO2/c14-10-4-1-3-9-11(10)13(17-12(9)16)5-2-7-15-8-6-13/h1,3-4,15H,2,5-8H2. The van der Waals surface area contributed by atoms with Crippen LogP contribution in [0.3, 0.4) is 0 Å². The molecule has 17 heavy (non-hydrogen) atoms. The van der Waals surface area contributed by atoms with Crippen LogP contribution in [0.5, 0.6) is 0 Å². The number of esters is 1. The molecular weight excluding hydrogens is 221 g/mol. The Balaban J connectivity index is 2.13. The topological polar surface area (TPSA) is 38.3 Å². The van der Waals surface area contributed by atoms with Crippen molar-refractivity contribution in [2.24, 2.45) is 0 Å². The molecule has 1 saturated heterocycles. The Bertz CT molecular complexity index is 464. The monoisotopic (exact) mass is 235 g/mol. The number of hydrogen-bond donors (Lipinski definition) is 1. The maximum Gasteiger partial charge on any atom is 0.339 e. The van der Waals surface area contributed by atoms with Crippen molar-refractivity contribution in [1.29, 1.82) is 0 Å². The Kier molecular flexibility index (Phi) is 2.40. The van der Waals surface area contributed by atoms with Crippen LogP contribution < -0.4 is 5.32 Å². The second-order valence-electron chi connectivity index (χ2n) is 4.65. The molecule has 4 heteroatoms. The van der Waals surface area contributed by atoms with Gasteiger partial charge in [-0.3, -0.25) is 0 Å². The average Bonchev–Trinajstić information content (AvgIpc) is 2.49. The van der Waals surface area contributed by atoms with E-state index in [9.17, 15) is 9.18 Å². The SMILES string of the molecule is O=C1OC2(CCCNCC2)c2c(F)cccc21. The minimum Gasteiger partial charge on any atom is -0.450 e. The largest absolute Gasteiger partial charge is 0.450 e. The highest BCUT2D eigenvalue weighted by molar-refractivity contribution is 5.94. The lowest BCUT2D eigenvalue weighted by Crippen LogP contribution is -2.28. The van der Waals surface area contributed by atoms with Gasteiger partial charge in [0.25, 0.3) is 0 Å². The van der Waals surface area contributed by atoms with Crippen molar-refractivity contribution in [2.75, 3.05) is 13.1 Å². The van der Waals surface area contributed by atoms with E-state index < -0.39 is 5.60 Å². The first-order valence-electron chi connectivity index (χ1n) is 5.96. The Morgan fingerprint density at radius 2 is 2.18 bits per heavy atom. The Morgan fingerprint density at radius 1 is 1.29 bits per heavy atom. The molecule has 3 nitrogen and oxygen atoms in total.